The molecule has 0 N–H and O–H groups in total. The topological polar surface area (TPSA) is 73.8 Å². The molecule has 0 radical (unpaired) electrons. The van der Waals surface area contributed by atoms with Crippen LogP contribution in [0.2, 0.25) is 5.02 Å². The molecular formula is C18H19ClN4O2S. The number of rotatable bonds is 7. The fourth-order valence-electron chi connectivity index (χ4n) is 2.48. The van der Waals surface area contributed by atoms with Crippen LogP contribution in [0, 0.1) is 5.92 Å². The zero-order valence-corrected chi connectivity index (χ0v) is 16.2. The molecule has 3 rings (SSSR count). The summed E-state index contributed by atoms with van der Waals surface area (Å²) in [5, 5.41) is 5.63. The van der Waals surface area contributed by atoms with Gasteiger partial charge in [-0.05, 0) is 24.1 Å². The van der Waals surface area contributed by atoms with Gasteiger partial charge in [-0.15, -0.1) is 6.58 Å². The molecular weight excluding hydrogens is 372 g/mol. The molecule has 2 heterocycles. The molecule has 0 aliphatic rings. The summed E-state index contributed by atoms with van der Waals surface area (Å²) in [5.41, 5.74) is 0.446. The van der Waals surface area contributed by atoms with Gasteiger partial charge >= 0.3 is 0 Å². The SMILES string of the molecule is C=CCn1c(SCc2noc(CC(C)C)n2)nc2cc(Cl)ccc2c1=O. The quantitative estimate of drug-likeness (QED) is 0.343. The summed E-state index contributed by atoms with van der Waals surface area (Å²) in [6, 6.07) is 5.07. The van der Waals surface area contributed by atoms with Gasteiger partial charge in [-0.1, -0.05) is 48.4 Å². The van der Waals surface area contributed by atoms with Gasteiger partial charge in [-0.2, -0.15) is 4.98 Å². The Morgan fingerprint density at radius 2 is 2.19 bits per heavy atom. The van der Waals surface area contributed by atoms with E-state index in [0.29, 0.717) is 51.0 Å². The summed E-state index contributed by atoms with van der Waals surface area (Å²) in [5.74, 6) is 2.10. The Kier molecular flexibility index (Phi) is 5.78. The predicted octanol–water partition coefficient (Wildman–Crippen LogP) is 4.11. The molecule has 0 aliphatic carbocycles. The zero-order valence-electron chi connectivity index (χ0n) is 14.6. The second-order valence-electron chi connectivity index (χ2n) is 6.25. The highest BCUT2D eigenvalue weighted by Gasteiger charge is 2.14. The number of aromatic nitrogens is 4. The highest BCUT2D eigenvalue weighted by atomic mass is 35.5. The number of benzene rings is 1. The van der Waals surface area contributed by atoms with Crippen LogP contribution in [0.1, 0.15) is 25.6 Å². The van der Waals surface area contributed by atoms with Crippen LogP contribution in [-0.2, 0) is 18.7 Å². The van der Waals surface area contributed by atoms with E-state index < -0.39 is 0 Å². The van der Waals surface area contributed by atoms with Crippen molar-refractivity contribution in [3.63, 3.8) is 0 Å². The number of thioether (sulfide) groups is 1. The van der Waals surface area contributed by atoms with Gasteiger partial charge in [-0.3, -0.25) is 9.36 Å². The molecule has 0 fully saturated rings. The Morgan fingerprint density at radius 1 is 1.38 bits per heavy atom. The third kappa shape index (κ3) is 4.16. The summed E-state index contributed by atoms with van der Waals surface area (Å²) < 4.78 is 6.84. The van der Waals surface area contributed by atoms with E-state index in [0.717, 1.165) is 6.42 Å². The Hall–Kier alpha value is -2.12. The molecule has 8 heteroatoms. The summed E-state index contributed by atoms with van der Waals surface area (Å²) in [4.78, 5) is 21.7. The van der Waals surface area contributed by atoms with Crippen LogP contribution < -0.4 is 5.56 Å². The number of allylic oxidation sites excluding steroid dienone is 1. The minimum absolute atomic E-state index is 0.123. The van der Waals surface area contributed by atoms with Crippen molar-refractivity contribution in [2.75, 3.05) is 0 Å². The predicted molar refractivity (Wildman–Crippen MR) is 104 cm³/mol. The molecule has 1 aromatic carbocycles. The van der Waals surface area contributed by atoms with E-state index in [1.165, 1.54) is 11.8 Å². The van der Waals surface area contributed by atoms with Crippen molar-refractivity contribution in [1.82, 2.24) is 19.7 Å². The largest absolute Gasteiger partial charge is 0.339 e. The van der Waals surface area contributed by atoms with E-state index in [-0.39, 0.29) is 5.56 Å². The first kappa shape index (κ1) is 18.7. The van der Waals surface area contributed by atoms with Gasteiger partial charge in [0.1, 0.15) is 0 Å². The second kappa shape index (κ2) is 8.05. The number of nitrogens with zero attached hydrogens (tertiary/aromatic N) is 4. The lowest BCUT2D eigenvalue weighted by Crippen LogP contribution is -2.22. The summed E-state index contributed by atoms with van der Waals surface area (Å²) in [6.07, 6.45) is 2.41. The van der Waals surface area contributed by atoms with Gasteiger partial charge < -0.3 is 4.52 Å². The minimum Gasteiger partial charge on any atom is -0.339 e. The first-order chi connectivity index (χ1) is 12.5. The third-order valence-corrected chi connectivity index (χ3v) is 4.82. The van der Waals surface area contributed by atoms with Crippen LogP contribution in [0.25, 0.3) is 10.9 Å². The van der Waals surface area contributed by atoms with Crippen LogP contribution in [0.15, 0.2) is 45.3 Å². The van der Waals surface area contributed by atoms with Crippen molar-refractivity contribution in [2.24, 2.45) is 5.92 Å². The fraction of sp³-hybridized carbons (Fsp3) is 0.333. The third-order valence-electron chi connectivity index (χ3n) is 3.62. The van der Waals surface area contributed by atoms with Crippen molar-refractivity contribution in [1.29, 1.82) is 0 Å². The molecule has 0 aliphatic heterocycles. The lowest BCUT2D eigenvalue weighted by Gasteiger charge is -2.10. The van der Waals surface area contributed by atoms with Crippen molar-refractivity contribution in [2.45, 2.75) is 37.7 Å². The Labute approximate surface area is 160 Å². The lowest BCUT2D eigenvalue weighted by molar-refractivity contribution is 0.360. The van der Waals surface area contributed by atoms with Crippen LogP contribution in [0.5, 0.6) is 0 Å². The van der Waals surface area contributed by atoms with Gasteiger partial charge in [-0.25, -0.2) is 4.98 Å². The molecule has 0 bridgehead atoms. The lowest BCUT2D eigenvalue weighted by atomic mass is 10.1. The smallest absolute Gasteiger partial charge is 0.262 e. The van der Waals surface area contributed by atoms with Crippen LogP contribution in [0.3, 0.4) is 0 Å². The fourth-order valence-corrected chi connectivity index (χ4v) is 3.50. The van der Waals surface area contributed by atoms with E-state index in [2.05, 4.69) is 35.6 Å². The minimum atomic E-state index is -0.123. The van der Waals surface area contributed by atoms with E-state index in [9.17, 15) is 4.79 Å². The average Bonchev–Trinajstić information content (AvgIpc) is 3.02. The van der Waals surface area contributed by atoms with Gasteiger partial charge in [0, 0.05) is 18.0 Å². The van der Waals surface area contributed by atoms with Gasteiger partial charge in [0.15, 0.2) is 11.0 Å². The number of halogens is 1. The van der Waals surface area contributed by atoms with Gasteiger partial charge in [0.25, 0.3) is 5.56 Å². The monoisotopic (exact) mass is 390 g/mol. The number of fused-ring (bicyclic) bond motifs is 1. The van der Waals surface area contributed by atoms with E-state index >= 15 is 0 Å². The van der Waals surface area contributed by atoms with Crippen LogP contribution >= 0.6 is 23.4 Å². The molecule has 0 amide bonds. The standard InChI is InChI=1S/C18H19ClN4O2S/c1-4-7-23-17(24)13-6-5-12(19)9-14(13)20-18(23)26-10-15-21-16(25-22-15)8-11(2)3/h4-6,9,11H,1,7-8,10H2,2-3H3. The van der Waals surface area contributed by atoms with Crippen molar-refractivity contribution >= 4 is 34.3 Å². The zero-order chi connectivity index (χ0) is 18.7. The van der Waals surface area contributed by atoms with Gasteiger partial charge in [0.05, 0.1) is 16.7 Å². The van der Waals surface area contributed by atoms with Crippen molar-refractivity contribution < 1.29 is 4.52 Å². The van der Waals surface area contributed by atoms with E-state index in [1.807, 2.05) is 0 Å². The maximum atomic E-state index is 12.8. The molecule has 0 unspecified atom stereocenters. The van der Waals surface area contributed by atoms with E-state index in [1.54, 1.807) is 28.8 Å². The molecule has 0 atom stereocenters. The maximum Gasteiger partial charge on any atom is 0.262 e. The first-order valence-electron chi connectivity index (χ1n) is 8.23. The highest BCUT2D eigenvalue weighted by Crippen LogP contribution is 2.23. The Balaban J connectivity index is 1.90. The molecule has 0 saturated heterocycles. The summed E-state index contributed by atoms with van der Waals surface area (Å²) >= 11 is 7.42. The maximum absolute atomic E-state index is 12.8. The molecule has 0 spiro atoms. The number of hydrogen-bond donors (Lipinski definition) is 0. The number of hydrogen-bond acceptors (Lipinski definition) is 6. The molecule has 6 nitrogen and oxygen atoms in total. The molecule has 0 saturated carbocycles. The summed E-state index contributed by atoms with van der Waals surface area (Å²) in [7, 11) is 0. The molecule has 26 heavy (non-hydrogen) atoms. The van der Waals surface area contributed by atoms with E-state index in [4.69, 9.17) is 16.1 Å². The second-order valence-corrected chi connectivity index (χ2v) is 7.63. The molecule has 3 aromatic rings. The van der Waals surface area contributed by atoms with Crippen molar-refractivity contribution in [3.05, 3.63) is 57.9 Å². The van der Waals surface area contributed by atoms with Gasteiger partial charge in [0.2, 0.25) is 5.89 Å². The van der Waals surface area contributed by atoms with Crippen LogP contribution in [-0.4, -0.2) is 19.7 Å². The average molecular weight is 391 g/mol. The Bertz CT molecular complexity index is 997. The van der Waals surface area contributed by atoms with Crippen LogP contribution in [0.4, 0.5) is 0 Å². The normalized spacial score (nSPS) is 11.4. The summed E-state index contributed by atoms with van der Waals surface area (Å²) in [6.45, 7) is 8.28. The molecule has 2 aromatic heterocycles. The van der Waals surface area contributed by atoms with Crippen molar-refractivity contribution in [3.8, 4) is 0 Å². The first-order valence-corrected chi connectivity index (χ1v) is 9.59. The Morgan fingerprint density at radius 3 is 2.92 bits per heavy atom. The highest BCUT2D eigenvalue weighted by molar-refractivity contribution is 7.98. The molecule has 136 valence electrons.